The Morgan fingerprint density at radius 1 is 1.17 bits per heavy atom. The van der Waals surface area contributed by atoms with Gasteiger partial charge in [0.2, 0.25) is 5.91 Å². The number of carbonyl (C=O) groups excluding carboxylic acids is 1. The van der Waals surface area contributed by atoms with Crippen LogP contribution >= 0.6 is 0 Å². The van der Waals surface area contributed by atoms with E-state index >= 15 is 0 Å². The van der Waals surface area contributed by atoms with Gasteiger partial charge in [-0.25, -0.2) is 0 Å². The van der Waals surface area contributed by atoms with Gasteiger partial charge in [0.05, 0.1) is 11.2 Å². The molecule has 1 saturated heterocycles. The zero-order valence-corrected chi connectivity index (χ0v) is 15.3. The Balaban J connectivity index is 2.13. The van der Waals surface area contributed by atoms with Gasteiger partial charge in [0, 0.05) is 12.1 Å². The van der Waals surface area contributed by atoms with Gasteiger partial charge >= 0.3 is 7.12 Å². The lowest BCUT2D eigenvalue weighted by Gasteiger charge is -2.32. The molecule has 0 spiro atoms. The lowest BCUT2D eigenvalue weighted by atomic mass is 9.78. The molecule has 1 aliphatic heterocycles. The summed E-state index contributed by atoms with van der Waals surface area (Å²) in [5.74, 6) is 0.394. The van der Waals surface area contributed by atoms with Gasteiger partial charge in [0.25, 0.3) is 0 Å². The molecule has 0 aliphatic carbocycles. The van der Waals surface area contributed by atoms with Crippen molar-refractivity contribution in [1.29, 1.82) is 0 Å². The molecule has 1 aromatic rings. The highest BCUT2D eigenvalue weighted by Gasteiger charge is 2.51. The third-order valence-electron chi connectivity index (χ3n) is 4.64. The van der Waals surface area contributed by atoms with Gasteiger partial charge in [-0.15, -0.1) is 0 Å². The summed E-state index contributed by atoms with van der Waals surface area (Å²) in [6.45, 7) is 14.2. The molecule has 0 saturated carbocycles. The summed E-state index contributed by atoms with van der Waals surface area (Å²) in [7, 11) is -0.376. The smallest absolute Gasteiger partial charge is 0.399 e. The van der Waals surface area contributed by atoms with Crippen molar-refractivity contribution in [3.8, 4) is 0 Å². The number of nitrogens with one attached hydrogen (secondary N) is 1. The molecule has 2 rings (SSSR count). The van der Waals surface area contributed by atoms with E-state index in [1.54, 1.807) is 0 Å². The van der Waals surface area contributed by atoms with E-state index < -0.39 is 0 Å². The molecule has 1 aromatic carbocycles. The van der Waals surface area contributed by atoms with Crippen LogP contribution in [0.1, 0.15) is 53.5 Å². The van der Waals surface area contributed by atoms with E-state index in [1.807, 2.05) is 66.7 Å². The van der Waals surface area contributed by atoms with Crippen LogP contribution in [0.4, 0.5) is 5.69 Å². The maximum absolute atomic E-state index is 11.9. The molecule has 1 fully saturated rings. The number of rotatable bonds is 4. The Morgan fingerprint density at radius 3 is 2.22 bits per heavy atom. The normalized spacial score (nSPS) is 19.2. The van der Waals surface area contributed by atoms with Crippen LogP contribution in [0.5, 0.6) is 0 Å². The first-order chi connectivity index (χ1) is 10.5. The van der Waals surface area contributed by atoms with E-state index in [1.165, 1.54) is 0 Å². The molecule has 1 N–H and O–H groups in total. The highest BCUT2D eigenvalue weighted by molar-refractivity contribution is 6.62. The number of carbonyl (C=O) groups is 1. The van der Waals surface area contributed by atoms with Gasteiger partial charge < -0.3 is 14.6 Å². The van der Waals surface area contributed by atoms with E-state index in [9.17, 15) is 4.79 Å². The van der Waals surface area contributed by atoms with Crippen LogP contribution in [0.3, 0.4) is 0 Å². The summed E-state index contributed by atoms with van der Waals surface area (Å²) in [6, 6.07) is 5.90. The fourth-order valence-corrected chi connectivity index (χ4v) is 2.52. The van der Waals surface area contributed by atoms with Gasteiger partial charge in [-0.2, -0.15) is 0 Å². The second-order valence-electron chi connectivity index (χ2n) is 7.81. The van der Waals surface area contributed by atoms with Gasteiger partial charge in [0.1, 0.15) is 0 Å². The summed E-state index contributed by atoms with van der Waals surface area (Å²) in [4.78, 5) is 11.9. The molecule has 5 heteroatoms. The average molecular weight is 317 g/mol. The monoisotopic (exact) mass is 317 g/mol. The van der Waals surface area contributed by atoms with E-state index in [-0.39, 0.29) is 24.2 Å². The minimum atomic E-state index is -0.376. The van der Waals surface area contributed by atoms with Crippen molar-refractivity contribution < 1.29 is 14.1 Å². The molecule has 1 aliphatic rings. The summed E-state index contributed by atoms with van der Waals surface area (Å²) < 4.78 is 12.1. The van der Waals surface area contributed by atoms with Crippen molar-refractivity contribution in [3.05, 3.63) is 23.8 Å². The van der Waals surface area contributed by atoms with Crippen LogP contribution in [0.2, 0.25) is 0 Å². The third-order valence-corrected chi connectivity index (χ3v) is 4.64. The first kappa shape index (κ1) is 18.0. The molecule has 0 aromatic heterocycles. The number of benzene rings is 1. The fraction of sp³-hybridized carbons (Fsp3) is 0.611. The Kier molecular flexibility index (Phi) is 4.93. The maximum Gasteiger partial charge on any atom is 0.494 e. The largest absolute Gasteiger partial charge is 0.494 e. The van der Waals surface area contributed by atoms with E-state index in [0.717, 1.165) is 16.7 Å². The second kappa shape index (κ2) is 6.29. The van der Waals surface area contributed by atoms with Crippen LogP contribution in [-0.4, -0.2) is 24.2 Å². The molecule has 0 unspecified atom stereocenters. The Morgan fingerprint density at radius 2 is 1.74 bits per heavy atom. The van der Waals surface area contributed by atoms with Crippen LogP contribution < -0.4 is 10.8 Å². The minimum absolute atomic E-state index is 0.0477. The SMILES string of the molecule is Cc1cc(B2OC(C)(C)C(C)(C)O2)ccc1NC(=O)CC(C)C. The van der Waals surface area contributed by atoms with Crippen molar-refractivity contribution in [3.63, 3.8) is 0 Å². The molecule has 0 bridgehead atoms. The van der Waals surface area contributed by atoms with Crippen molar-refractivity contribution >= 4 is 24.2 Å². The van der Waals surface area contributed by atoms with E-state index in [0.29, 0.717) is 12.3 Å². The lowest BCUT2D eigenvalue weighted by Crippen LogP contribution is -2.41. The predicted molar refractivity (Wildman–Crippen MR) is 95.0 cm³/mol. The molecule has 23 heavy (non-hydrogen) atoms. The molecular formula is C18H28BNO3. The molecular weight excluding hydrogens is 289 g/mol. The Bertz CT molecular complexity index is 580. The van der Waals surface area contributed by atoms with Crippen LogP contribution in [0.15, 0.2) is 18.2 Å². The van der Waals surface area contributed by atoms with Crippen LogP contribution in [-0.2, 0) is 14.1 Å². The number of hydrogen-bond donors (Lipinski definition) is 1. The van der Waals surface area contributed by atoms with Crippen molar-refractivity contribution in [1.82, 2.24) is 0 Å². The fourth-order valence-electron chi connectivity index (χ4n) is 2.52. The predicted octanol–water partition coefficient (Wildman–Crippen LogP) is 3.28. The average Bonchev–Trinajstić information content (AvgIpc) is 2.60. The van der Waals surface area contributed by atoms with Crippen molar-refractivity contribution in [2.45, 2.75) is 66.1 Å². The van der Waals surface area contributed by atoms with Crippen LogP contribution in [0.25, 0.3) is 0 Å². The number of hydrogen-bond acceptors (Lipinski definition) is 3. The second-order valence-corrected chi connectivity index (χ2v) is 7.81. The van der Waals surface area contributed by atoms with E-state index in [4.69, 9.17) is 9.31 Å². The molecule has 0 radical (unpaired) electrons. The van der Waals surface area contributed by atoms with Crippen LogP contribution in [0, 0.1) is 12.8 Å². The van der Waals surface area contributed by atoms with E-state index in [2.05, 4.69) is 5.32 Å². The summed E-state index contributed by atoms with van der Waals surface area (Å²) >= 11 is 0. The van der Waals surface area contributed by atoms with Gasteiger partial charge in [0.15, 0.2) is 0 Å². The maximum atomic E-state index is 11.9. The first-order valence-electron chi connectivity index (χ1n) is 8.28. The zero-order valence-electron chi connectivity index (χ0n) is 15.3. The standard InChI is InChI=1S/C18H28BNO3/c1-12(2)10-16(21)20-15-9-8-14(11-13(15)3)19-22-17(4,5)18(6,7)23-19/h8-9,11-12H,10H2,1-7H3,(H,20,21). The lowest BCUT2D eigenvalue weighted by molar-refractivity contribution is -0.116. The topological polar surface area (TPSA) is 47.6 Å². The number of aryl methyl sites for hydroxylation is 1. The first-order valence-corrected chi connectivity index (χ1v) is 8.28. The van der Waals surface area contributed by atoms with Crippen molar-refractivity contribution in [2.75, 3.05) is 5.32 Å². The van der Waals surface area contributed by atoms with Gasteiger partial charge in [-0.1, -0.05) is 26.0 Å². The van der Waals surface area contributed by atoms with Gasteiger partial charge in [-0.05, 0) is 57.6 Å². The number of anilines is 1. The molecule has 4 nitrogen and oxygen atoms in total. The summed E-state index contributed by atoms with van der Waals surface area (Å²) in [5, 5.41) is 2.97. The molecule has 126 valence electrons. The number of amides is 1. The molecule has 1 amide bonds. The van der Waals surface area contributed by atoms with Crippen molar-refractivity contribution in [2.24, 2.45) is 5.92 Å². The molecule has 0 atom stereocenters. The quantitative estimate of drug-likeness (QED) is 0.867. The molecule has 1 heterocycles. The third kappa shape index (κ3) is 3.96. The van der Waals surface area contributed by atoms with Gasteiger partial charge in [-0.3, -0.25) is 4.79 Å². The highest BCUT2D eigenvalue weighted by atomic mass is 16.7. The Labute approximate surface area is 140 Å². The minimum Gasteiger partial charge on any atom is -0.399 e. The summed E-state index contributed by atoms with van der Waals surface area (Å²) in [6.07, 6.45) is 0.526. The highest BCUT2D eigenvalue weighted by Crippen LogP contribution is 2.36. The summed E-state index contributed by atoms with van der Waals surface area (Å²) in [5.41, 5.74) is 2.12. The zero-order chi connectivity index (χ0) is 17.4. The Hall–Kier alpha value is -1.33.